The molecule has 1 aliphatic rings. The standard InChI is InChI=1S/C17H17FN2O3S/c18-12-5-3-10(4-6-12)15(13-2-1-7-23-13)20-17(22)14-8-11(9-24-14)16(19)21/h3-6,8-9,13,15H,1-2,7H2,(H2,19,21)(H,20,22)/t13-,15-/m0/s1. The Kier molecular flexibility index (Phi) is 4.92. The first-order valence-electron chi connectivity index (χ1n) is 7.61. The summed E-state index contributed by atoms with van der Waals surface area (Å²) in [4.78, 5) is 24.1. The summed E-state index contributed by atoms with van der Waals surface area (Å²) in [5, 5.41) is 4.49. The van der Waals surface area contributed by atoms with Crippen LogP contribution in [0.5, 0.6) is 0 Å². The SMILES string of the molecule is NC(=O)c1csc(C(=O)N[C@@H](c2ccc(F)cc2)[C@@H]2CCCO2)c1. The number of primary amides is 1. The molecule has 0 unspecified atom stereocenters. The summed E-state index contributed by atoms with van der Waals surface area (Å²) in [7, 11) is 0. The zero-order chi connectivity index (χ0) is 17.1. The van der Waals surface area contributed by atoms with Gasteiger partial charge in [-0.05, 0) is 36.6 Å². The predicted octanol–water partition coefficient (Wildman–Crippen LogP) is 2.64. The summed E-state index contributed by atoms with van der Waals surface area (Å²) in [6, 6.07) is 7.11. The molecule has 7 heteroatoms. The second-order valence-electron chi connectivity index (χ2n) is 5.62. The van der Waals surface area contributed by atoms with Gasteiger partial charge in [0.05, 0.1) is 22.6 Å². The number of ether oxygens (including phenoxy) is 1. The van der Waals surface area contributed by atoms with E-state index < -0.39 is 5.91 Å². The van der Waals surface area contributed by atoms with Gasteiger partial charge in [0.1, 0.15) is 5.82 Å². The van der Waals surface area contributed by atoms with Gasteiger partial charge in [-0.3, -0.25) is 9.59 Å². The van der Waals surface area contributed by atoms with E-state index >= 15 is 0 Å². The second kappa shape index (κ2) is 7.11. The molecular weight excluding hydrogens is 331 g/mol. The van der Waals surface area contributed by atoms with Crippen molar-refractivity contribution in [3.63, 3.8) is 0 Å². The third kappa shape index (κ3) is 3.63. The highest BCUT2D eigenvalue weighted by Gasteiger charge is 2.29. The summed E-state index contributed by atoms with van der Waals surface area (Å²) in [6.07, 6.45) is 1.58. The Morgan fingerprint density at radius 3 is 2.67 bits per heavy atom. The minimum atomic E-state index is -0.570. The molecule has 2 atom stereocenters. The summed E-state index contributed by atoms with van der Waals surface area (Å²) < 4.78 is 18.9. The maximum Gasteiger partial charge on any atom is 0.261 e. The van der Waals surface area contributed by atoms with E-state index in [9.17, 15) is 14.0 Å². The lowest BCUT2D eigenvalue weighted by molar-refractivity contribution is 0.0674. The van der Waals surface area contributed by atoms with Gasteiger partial charge in [0.15, 0.2) is 0 Å². The van der Waals surface area contributed by atoms with Crippen LogP contribution in [-0.4, -0.2) is 24.5 Å². The lowest BCUT2D eigenvalue weighted by Crippen LogP contribution is -2.35. The number of hydrogen-bond donors (Lipinski definition) is 2. The number of amides is 2. The van der Waals surface area contributed by atoms with Crippen LogP contribution in [-0.2, 0) is 4.74 Å². The fourth-order valence-electron chi connectivity index (χ4n) is 2.72. The fourth-order valence-corrected chi connectivity index (χ4v) is 3.52. The summed E-state index contributed by atoms with van der Waals surface area (Å²) >= 11 is 1.15. The highest BCUT2D eigenvalue weighted by Crippen LogP contribution is 2.28. The molecule has 0 radical (unpaired) electrons. The number of nitrogens with one attached hydrogen (secondary N) is 1. The van der Waals surface area contributed by atoms with Crippen LogP contribution in [0.25, 0.3) is 0 Å². The largest absolute Gasteiger partial charge is 0.376 e. The zero-order valence-corrected chi connectivity index (χ0v) is 13.6. The van der Waals surface area contributed by atoms with Crippen LogP contribution in [0.4, 0.5) is 4.39 Å². The highest BCUT2D eigenvalue weighted by molar-refractivity contribution is 7.12. The van der Waals surface area contributed by atoms with Crippen molar-refractivity contribution in [1.82, 2.24) is 5.32 Å². The van der Waals surface area contributed by atoms with Crippen molar-refractivity contribution in [2.24, 2.45) is 5.73 Å². The number of nitrogens with two attached hydrogens (primary N) is 1. The van der Waals surface area contributed by atoms with Crippen molar-refractivity contribution in [3.8, 4) is 0 Å². The van der Waals surface area contributed by atoms with Gasteiger partial charge in [-0.2, -0.15) is 0 Å². The van der Waals surface area contributed by atoms with Crippen LogP contribution in [0, 0.1) is 5.82 Å². The number of thiophene rings is 1. The molecule has 0 spiro atoms. The van der Waals surface area contributed by atoms with Crippen molar-refractivity contribution in [3.05, 3.63) is 57.5 Å². The van der Waals surface area contributed by atoms with Crippen LogP contribution in [0.1, 0.15) is 44.5 Å². The van der Waals surface area contributed by atoms with E-state index in [1.165, 1.54) is 18.2 Å². The Morgan fingerprint density at radius 2 is 2.08 bits per heavy atom. The van der Waals surface area contributed by atoms with Gasteiger partial charge < -0.3 is 15.8 Å². The molecule has 1 aliphatic heterocycles. The van der Waals surface area contributed by atoms with E-state index in [2.05, 4.69) is 5.32 Å². The summed E-state index contributed by atoms with van der Waals surface area (Å²) in [5.74, 6) is -1.21. The maximum atomic E-state index is 13.2. The molecule has 5 nitrogen and oxygen atoms in total. The fraction of sp³-hybridized carbons (Fsp3) is 0.294. The minimum Gasteiger partial charge on any atom is -0.376 e. The van der Waals surface area contributed by atoms with Gasteiger partial charge in [0, 0.05) is 12.0 Å². The molecular formula is C17H17FN2O3S. The quantitative estimate of drug-likeness (QED) is 0.871. The molecule has 0 aliphatic carbocycles. The third-order valence-electron chi connectivity index (χ3n) is 3.96. The monoisotopic (exact) mass is 348 g/mol. The van der Waals surface area contributed by atoms with Crippen LogP contribution >= 0.6 is 11.3 Å². The third-order valence-corrected chi connectivity index (χ3v) is 4.89. The van der Waals surface area contributed by atoms with E-state index in [-0.39, 0.29) is 23.9 Å². The van der Waals surface area contributed by atoms with Crippen molar-refractivity contribution in [2.75, 3.05) is 6.61 Å². The summed E-state index contributed by atoms with van der Waals surface area (Å²) in [6.45, 7) is 0.642. The van der Waals surface area contributed by atoms with Crippen molar-refractivity contribution in [1.29, 1.82) is 0 Å². The normalized spacial score (nSPS) is 18.3. The molecule has 126 valence electrons. The number of halogens is 1. The lowest BCUT2D eigenvalue weighted by Gasteiger charge is -2.24. The van der Waals surface area contributed by atoms with Gasteiger partial charge in [0.2, 0.25) is 5.91 Å². The molecule has 3 rings (SSSR count). The van der Waals surface area contributed by atoms with Crippen LogP contribution < -0.4 is 11.1 Å². The van der Waals surface area contributed by atoms with E-state index in [1.54, 1.807) is 17.5 Å². The molecule has 2 amide bonds. The van der Waals surface area contributed by atoms with Crippen LogP contribution in [0.15, 0.2) is 35.7 Å². The van der Waals surface area contributed by atoms with Gasteiger partial charge in [0.25, 0.3) is 5.91 Å². The molecule has 1 aromatic heterocycles. The Balaban J connectivity index is 1.81. The van der Waals surface area contributed by atoms with Crippen LogP contribution in [0.2, 0.25) is 0 Å². The van der Waals surface area contributed by atoms with Crippen molar-refractivity contribution >= 4 is 23.2 Å². The number of carbonyl (C=O) groups excluding carboxylic acids is 2. The van der Waals surface area contributed by atoms with Gasteiger partial charge in [-0.1, -0.05) is 12.1 Å². The first-order chi connectivity index (χ1) is 11.5. The van der Waals surface area contributed by atoms with E-state index in [0.717, 1.165) is 29.7 Å². The van der Waals surface area contributed by atoms with Crippen molar-refractivity contribution < 1.29 is 18.7 Å². The summed E-state index contributed by atoms with van der Waals surface area (Å²) in [5.41, 5.74) is 6.30. The van der Waals surface area contributed by atoms with Gasteiger partial charge in [-0.25, -0.2) is 4.39 Å². The smallest absolute Gasteiger partial charge is 0.261 e. The molecule has 2 heterocycles. The zero-order valence-electron chi connectivity index (χ0n) is 12.8. The Hall–Kier alpha value is -2.25. The number of rotatable bonds is 5. The first-order valence-corrected chi connectivity index (χ1v) is 8.49. The second-order valence-corrected chi connectivity index (χ2v) is 6.53. The molecule has 1 aromatic carbocycles. The predicted molar refractivity (Wildman–Crippen MR) is 88.4 cm³/mol. The minimum absolute atomic E-state index is 0.157. The number of carbonyl (C=O) groups is 2. The molecule has 1 saturated heterocycles. The molecule has 0 bridgehead atoms. The average molecular weight is 348 g/mol. The van der Waals surface area contributed by atoms with Crippen LogP contribution in [0.3, 0.4) is 0 Å². The number of hydrogen-bond acceptors (Lipinski definition) is 4. The lowest BCUT2D eigenvalue weighted by atomic mass is 9.99. The first kappa shape index (κ1) is 16.6. The maximum absolute atomic E-state index is 13.2. The highest BCUT2D eigenvalue weighted by atomic mass is 32.1. The molecule has 1 fully saturated rings. The molecule has 0 saturated carbocycles. The van der Waals surface area contributed by atoms with E-state index in [1.807, 2.05) is 0 Å². The van der Waals surface area contributed by atoms with Gasteiger partial charge in [-0.15, -0.1) is 11.3 Å². The Bertz CT molecular complexity index is 739. The molecule has 24 heavy (non-hydrogen) atoms. The van der Waals surface area contributed by atoms with E-state index in [0.29, 0.717) is 17.0 Å². The number of benzene rings is 1. The van der Waals surface area contributed by atoms with E-state index in [4.69, 9.17) is 10.5 Å². The average Bonchev–Trinajstić information content (AvgIpc) is 3.25. The van der Waals surface area contributed by atoms with Gasteiger partial charge >= 0.3 is 0 Å². The Morgan fingerprint density at radius 1 is 1.33 bits per heavy atom. The Labute approximate surface area is 142 Å². The van der Waals surface area contributed by atoms with Crippen molar-refractivity contribution in [2.45, 2.75) is 25.0 Å². The topological polar surface area (TPSA) is 81.4 Å². The molecule has 3 N–H and O–H groups in total. The molecule has 2 aromatic rings.